The molecule has 1 saturated heterocycles. The minimum absolute atomic E-state index is 0.00364. The number of nitrogens with one attached hydrogen (secondary N) is 1. The average Bonchev–Trinajstić information content (AvgIpc) is 2.90. The summed E-state index contributed by atoms with van der Waals surface area (Å²) in [4.78, 5) is 4.03. The summed E-state index contributed by atoms with van der Waals surface area (Å²) in [6.45, 7) is 5.01. The molecule has 20 heavy (non-hydrogen) atoms. The summed E-state index contributed by atoms with van der Waals surface area (Å²) < 4.78 is 26.7. The standard InChI is InChI=1S/C13H21N3O3S/c1-3-14-12-5-4-7-15-13(12)20(18,19)16-8-6-11(9-16)10(2)17/h4-5,7,10-11,14,17H,3,6,8-9H2,1-2H3. The molecule has 0 amide bonds. The zero-order chi connectivity index (χ0) is 14.8. The number of pyridine rings is 1. The molecule has 0 bridgehead atoms. The van der Waals surface area contributed by atoms with Crippen molar-refractivity contribution < 1.29 is 13.5 Å². The van der Waals surface area contributed by atoms with Gasteiger partial charge in [-0.25, -0.2) is 13.4 Å². The zero-order valence-corrected chi connectivity index (χ0v) is 12.6. The summed E-state index contributed by atoms with van der Waals surface area (Å²) in [5, 5.41) is 12.7. The van der Waals surface area contributed by atoms with Crippen LogP contribution in [0.3, 0.4) is 0 Å². The number of anilines is 1. The van der Waals surface area contributed by atoms with E-state index >= 15 is 0 Å². The minimum atomic E-state index is -3.61. The van der Waals surface area contributed by atoms with Crippen LogP contribution in [0.25, 0.3) is 0 Å². The Morgan fingerprint density at radius 2 is 2.35 bits per heavy atom. The van der Waals surface area contributed by atoms with Gasteiger partial charge in [0.15, 0.2) is 5.03 Å². The van der Waals surface area contributed by atoms with Crippen LogP contribution in [0.5, 0.6) is 0 Å². The normalized spacial score (nSPS) is 21.9. The zero-order valence-electron chi connectivity index (χ0n) is 11.8. The highest BCUT2D eigenvalue weighted by molar-refractivity contribution is 7.89. The molecule has 2 rings (SSSR count). The van der Waals surface area contributed by atoms with E-state index in [9.17, 15) is 13.5 Å². The molecule has 112 valence electrons. The van der Waals surface area contributed by atoms with E-state index in [-0.39, 0.29) is 10.9 Å². The molecule has 0 aliphatic carbocycles. The molecule has 1 aliphatic rings. The fourth-order valence-electron chi connectivity index (χ4n) is 2.41. The topological polar surface area (TPSA) is 82.5 Å². The van der Waals surface area contributed by atoms with Gasteiger partial charge in [-0.15, -0.1) is 0 Å². The van der Waals surface area contributed by atoms with Crippen LogP contribution in [0, 0.1) is 5.92 Å². The van der Waals surface area contributed by atoms with Crippen molar-refractivity contribution in [2.75, 3.05) is 25.0 Å². The van der Waals surface area contributed by atoms with Gasteiger partial charge in [-0.2, -0.15) is 4.31 Å². The van der Waals surface area contributed by atoms with E-state index in [1.54, 1.807) is 19.1 Å². The Kier molecular flexibility index (Phi) is 4.62. The Bertz CT molecular complexity index is 560. The highest BCUT2D eigenvalue weighted by Crippen LogP contribution is 2.28. The van der Waals surface area contributed by atoms with Crippen LogP contribution in [-0.4, -0.2) is 48.6 Å². The van der Waals surface area contributed by atoms with Crippen LogP contribution in [0.1, 0.15) is 20.3 Å². The molecule has 1 aromatic heterocycles. The largest absolute Gasteiger partial charge is 0.393 e. The lowest BCUT2D eigenvalue weighted by Gasteiger charge is -2.19. The first-order valence-electron chi connectivity index (χ1n) is 6.84. The maximum Gasteiger partial charge on any atom is 0.262 e. The van der Waals surface area contributed by atoms with Gasteiger partial charge in [0.1, 0.15) is 0 Å². The third-order valence-electron chi connectivity index (χ3n) is 3.59. The van der Waals surface area contributed by atoms with E-state index in [2.05, 4.69) is 10.3 Å². The smallest absolute Gasteiger partial charge is 0.262 e. The fraction of sp³-hybridized carbons (Fsp3) is 0.615. The van der Waals surface area contributed by atoms with Crippen LogP contribution in [0.2, 0.25) is 0 Å². The van der Waals surface area contributed by atoms with Gasteiger partial charge in [-0.05, 0) is 38.3 Å². The van der Waals surface area contributed by atoms with Gasteiger partial charge < -0.3 is 10.4 Å². The van der Waals surface area contributed by atoms with Crippen LogP contribution >= 0.6 is 0 Å². The van der Waals surface area contributed by atoms with E-state index in [1.165, 1.54) is 10.5 Å². The second kappa shape index (κ2) is 6.07. The SMILES string of the molecule is CCNc1cccnc1S(=O)(=O)N1CCC(C(C)O)C1. The average molecular weight is 299 g/mol. The molecule has 1 fully saturated rings. The molecule has 1 aromatic rings. The molecule has 7 heteroatoms. The molecule has 0 spiro atoms. The van der Waals surface area contributed by atoms with E-state index in [1.807, 2.05) is 6.92 Å². The predicted octanol–water partition coefficient (Wildman–Crippen LogP) is 0.905. The Labute approximate surface area is 119 Å². The highest BCUT2D eigenvalue weighted by atomic mass is 32.2. The lowest BCUT2D eigenvalue weighted by molar-refractivity contribution is 0.133. The molecular weight excluding hydrogens is 278 g/mol. The quantitative estimate of drug-likeness (QED) is 0.844. The number of nitrogens with zero attached hydrogens (tertiary/aromatic N) is 2. The molecule has 0 saturated carbocycles. The minimum Gasteiger partial charge on any atom is -0.393 e. The number of hydrogen-bond donors (Lipinski definition) is 2. The molecule has 6 nitrogen and oxygen atoms in total. The van der Waals surface area contributed by atoms with Crippen LogP contribution in [0.4, 0.5) is 5.69 Å². The van der Waals surface area contributed by atoms with Crippen molar-refractivity contribution in [1.82, 2.24) is 9.29 Å². The fourth-order valence-corrected chi connectivity index (χ4v) is 4.00. The van der Waals surface area contributed by atoms with E-state index < -0.39 is 16.1 Å². The van der Waals surface area contributed by atoms with Crippen LogP contribution < -0.4 is 5.32 Å². The Balaban J connectivity index is 2.28. The summed E-state index contributed by atoms with van der Waals surface area (Å²) in [6, 6.07) is 3.42. The monoisotopic (exact) mass is 299 g/mol. The first-order valence-corrected chi connectivity index (χ1v) is 8.28. The highest BCUT2D eigenvalue weighted by Gasteiger charge is 2.36. The molecule has 1 aliphatic heterocycles. The number of sulfonamides is 1. The summed E-state index contributed by atoms with van der Waals surface area (Å²) in [7, 11) is -3.61. The van der Waals surface area contributed by atoms with E-state index in [0.29, 0.717) is 31.7 Å². The van der Waals surface area contributed by atoms with Gasteiger partial charge in [-0.3, -0.25) is 0 Å². The molecule has 2 heterocycles. The molecule has 2 atom stereocenters. The van der Waals surface area contributed by atoms with E-state index in [0.717, 1.165) is 0 Å². The predicted molar refractivity (Wildman–Crippen MR) is 76.9 cm³/mol. The van der Waals surface area contributed by atoms with Gasteiger partial charge in [-0.1, -0.05) is 0 Å². The van der Waals surface area contributed by atoms with Crippen molar-refractivity contribution in [2.45, 2.75) is 31.4 Å². The lowest BCUT2D eigenvalue weighted by Crippen LogP contribution is -2.31. The maximum absolute atomic E-state index is 12.6. The summed E-state index contributed by atoms with van der Waals surface area (Å²) in [6.07, 6.45) is 1.67. The first kappa shape index (κ1) is 15.2. The van der Waals surface area contributed by atoms with Crippen molar-refractivity contribution in [2.24, 2.45) is 5.92 Å². The van der Waals surface area contributed by atoms with Crippen molar-refractivity contribution in [3.8, 4) is 0 Å². The summed E-state index contributed by atoms with van der Waals surface area (Å²) in [5.41, 5.74) is 0.524. The van der Waals surface area contributed by atoms with Gasteiger partial charge in [0, 0.05) is 25.8 Å². The Morgan fingerprint density at radius 1 is 1.60 bits per heavy atom. The van der Waals surface area contributed by atoms with Crippen LogP contribution in [-0.2, 0) is 10.0 Å². The third kappa shape index (κ3) is 2.94. The Morgan fingerprint density at radius 3 is 2.95 bits per heavy atom. The Hall–Kier alpha value is -1.18. The molecule has 2 N–H and O–H groups in total. The van der Waals surface area contributed by atoms with Crippen molar-refractivity contribution in [3.05, 3.63) is 18.3 Å². The van der Waals surface area contributed by atoms with Gasteiger partial charge >= 0.3 is 0 Å². The van der Waals surface area contributed by atoms with Crippen molar-refractivity contribution in [1.29, 1.82) is 0 Å². The maximum atomic E-state index is 12.6. The lowest BCUT2D eigenvalue weighted by atomic mass is 10.0. The molecule has 2 unspecified atom stereocenters. The van der Waals surface area contributed by atoms with Gasteiger partial charge in [0.2, 0.25) is 0 Å². The first-order chi connectivity index (χ1) is 9.46. The summed E-state index contributed by atoms with van der Waals surface area (Å²) in [5.74, 6) is -0.00364. The third-order valence-corrected chi connectivity index (χ3v) is 5.42. The van der Waals surface area contributed by atoms with Crippen molar-refractivity contribution >= 4 is 15.7 Å². The molecule has 0 radical (unpaired) electrons. The van der Waals surface area contributed by atoms with Gasteiger partial charge in [0.05, 0.1) is 11.8 Å². The number of hydrogen-bond acceptors (Lipinski definition) is 5. The molecule has 0 aromatic carbocycles. The second-order valence-electron chi connectivity index (χ2n) is 5.04. The second-order valence-corrected chi connectivity index (χ2v) is 6.89. The van der Waals surface area contributed by atoms with Crippen molar-refractivity contribution in [3.63, 3.8) is 0 Å². The number of aliphatic hydroxyl groups excluding tert-OH is 1. The molecular formula is C13H21N3O3S. The summed E-state index contributed by atoms with van der Waals surface area (Å²) >= 11 is 0. The van der Waals surface area contributed by atoms with E-state index in [4.69, 9.17) is 0 Å². The van der Waals surface area contributed by atoms with Gasteiger partial charge in [0.25, 0.3) is 10.0 Å². The number of aromatic nitrogens is 1. The number of aliphatic hydroxyl groups is 1. The van der Waals surface area contributed by atoms with Crippen LogP contribution in [0.15, 0.2) is 23.4 Å². The number of rotatable bonds is 5.